The van der Waals surface area contributed by atoms with Gasteiger partial charge in [0.1, 0.15) is 11.8 Å². The van der Waals surface area contributed by atoms with Crippen molar-refractivity contribution in [3.63, 3.8) is 0 Å². The van der Waals surface area contributed by atoms with Crippen molar-refractivity contribution in [2.75, 3.05) is 17.7 Å². The zero-order valence-electron chi connectivity index (χ0n) is 15.4. The fourth-order valence-electron chi connectivity index (χ4n) is 2.75. The molecule has 0 fully saturated rings. The van der Waals surface area contributed by atoms with Gasteiger partial charge in [0.25, 0.3) is 0 Å². The zero-order chi connectivity index (χ0) is 19.3. The second-order valence-corrected chi connectivity index (χ2v) is 7.96. The number of methoxy groups -OCH3 is 1. The van der Waals surface area contributed by atoms with Crippen LogP contribution in [0.5, 0.6) is 5.75 Å². The Morgan fingerprint density at radius 2 is 1.88 bits per heavy atom. The normalized spacial score (nSPS) is 12.3. The molecule has 1 amide bonds. The fraction of sp³-hybridized carbons (Fsp3) is 0.316. The molecule has 26 heavy (non-hydrogen) atoms. The number of hydrogen-bond acceptors (Lipinski definition) is 4. The van der Waals surface area contributed by atoms with Gasteiger partial charge in [0.2, 0.25) is 15.9 Å². The number of carbonyl (C=O) groups excluding carboxylic acids is 1. The number of aryl methyl sites for hydroxylation is 1. The van der Waals surface area contributed by atoms with Crippen LogP contribution >= 0.6 is 0 Å². The molecule has 0 aliphatic heterocycles. The number of nitrogens with one attached hydrogen (secondary N) is 1. The number of para-hydroxylation sites is 1. The summed E-state index contributed by atoms with van der Waals surface area (Å²) in [5.41, 5.74) is 2.20. The summed E-state index contributed by atoms with van der Waals surface area (Å²) >= 11 is 0. The molecule has 0 radical (unpaired) electrons. The van der Waals surface area contributed by atoms with Gasteiger partial charge in [0.15, 0.2) is 0 Å². The summed E-state index contributed by atoms with van der Waals surface area (Å²) in [6.45, 7) is 3.69. The van der Waals surface area contributed by atoms with Crippen molar-refractivity contribution in [2.24, 2.45) is 0 Å². The highest BCUT2D eigenvalue weighted by atomic mass is 32.2. The second-order valence-electron chi connectivity index (χ2n) is 6.10. The Labute approximate surface area is 154 Å². The van der Waals surface area contributed by atoms with Crippen LogP contribution in [0.15, 0.2) is 48.5 Å². The van der Waals surface area contributed by atoms with Gasteiger partial charge >= 0.3 is 0 Å². The molecule has 2 aromatic rings. The standard InChI is InChI=1S/C19H24N2O4S/c1-14-8-7-10-17(12-14)21(26(4,23)24)15(2)19(22)20-13-16-9-5-6-11-18(16)25-3/h5-12,15H,13H2,1-4H3,(H,20,22)/t15-/m1/s1. The van der Waals surface area contributed by atoms with Gasteiger partial charge in [0, 0.05) is 12.1 Å². The minimum absolute atomic E-state index is 0.249. The third kappa shape index (κ3) is 4.76. The van der Waals surface area contributed by atoms with Crippen molar-refractivity contribution >= 4 is 21.6 Å². The lowest BCUT2D eigenvalue weighted by Gasteiger charge is -2.28. The molecule has 1 N–H and O–H groups in total. The van der Waals surface area contributed by atoms with E-state index in [-0.39, 0.29) is 12.5 Å². The maximum absolute atomic E-state index is 12.6. The van der Waals surface area contributed by atoms with Gasteiger partial charge in [-0.05, 0) is 37.6 Å². The van der Waals surface area contributed by atoms with Crippen LogP contribution in [0.25, 0.3) is 0 Å². The van der Waals surface area contributed by atoms with Gasteiger partial charge in [-0.3, -0.25) is 9.10 Å². The number of sulfonamides is 1. The third-order valence-corrected chi connectivity index (χ3v) is 5.23. The Morgan fingerprint density at radius 1 is 1.19 bits per heavy atom. The molecule has 2 rings (SSSR count). The minimum Gasteiger partial charge on any atom is -0.496 e. The lowest BCUT2D eigenvalue weighted by atomic mass is 10.2. The second kappa shape index (κ2) is 8.23. The number of anilines is 1. The molecular weight excluding hydrogens is 352 g/mol. The molecule has 0 aromatic heterocycles. The summed E-state index contributed by atoms with van der Waals surface area (Å²) in [5, 5.41) is 2.79. The van der Waals surface area contributed by atoms with Gasteiger partial charge in [0.05, 0.1) is 19.1 Å². The lowest BCUT2D eigenvalue weighted by Crippen LogP contribution is -2.47. The Kier molecular flexibility index (Phi) is 6.26. The predicted octanol–water partition coefficient (Wildman–Crippen LogP) is 2.47. The van der Waals surface area contributed by atoms with E-state index in [0.29, 0.717) is 11.4 Å². The Morgan fingerprint density at radius 3 is 2.50 bits per heavy atom. The highest BCUT2D eigenvalue weighted by Gasteiger charge is 2.29. The Balaban J connectivity index is 2.20. The van der Waals surface area contributed by atoms with Crippen LogP contribution in [-0.2, 0) is 21.4 Å². The molecule has 140 valence electrons. The maximum atomic E-state index is 12.6. The summed E-state index contributed by atoms with van der Waals surface area (Å²) in [7, 11) is -2.07. The monoisotopic (exact) mass is 376 g/mol. The van der Waals surface area contributed by atoms with Crippen LogP contribution < -0.4 is 14.4 Å². The van der Waals surface area contributed by atoms with Gasteiger partial charge in [-0.25, -0.2) is 8.42 Å². The van der Waals surface area contributed by atoms with Gasteiger partial charge in [-0.1, -0.05) is 30.3 Å². The Bertz CT molecular complexity index is 881. The molecule has 0 saturated heterocycles. The molecular formula is C19H24N2O4S. The van der Waals surface area contributed by atoms with E-state index in [1.165, 1.54) is 0 Å². The number of rotatable bonds is 7. The third-order valence-electron chi connectivity index (χ3n) is 3.99. The number of amides is 1. The summed E-state index contributed by atoms with van der Waals surface area (Å²) in [5.74, 6) is 0.280. The van der Waals surface area contributed by atoms with Gasteiger partial charge in [-0.15, -0.1) is 0 Å². The largest absolute Gasteiger partial charge is 0.496 e. The van der Waals surface area contributed by atoms with E-state index in [4.69, 9.17) is 4.74 Å². The molecule has 0 saturated carbocycles. The van der Waals surface area contributed by atoms with Crippen LogP contribution in [0.4, 0.5) is 5.69 Å². The van der Waals surface area contributed by atoms with E-state index in [0.717, 1.165) is 21.7 Å². The van der Waals surface area contributed by atoms with Crippen molar-refractivity contribution < 1.29 is 17.9 Å². The molecule has 0 aliphatic rings. The molecule has 7 heteroatoms. The molecule has 0 heterocycles. The first-order chi connectivity index (χ1) is 12.2. The molecule has 6 nitrogen and oxygen atoms in total. The van der Waals surface area contributed by atoms with Crippen molar-refractivity contribution in [2.45, 2.75) is 26.4 Å². The van der Waals surface area contributed by atoms with Crippen molar-refractivity contribution in [3.8, 4) is 5.75 Å². The summed E-state index contributed by atoms with van der Waals surface area (Å²) < 4.78 is 31.0. The van der Waals surface area contributed by atoms with E-state index < -0.39 is 16.1 Å². The van der Waals surface area contributed by atoms with E-state index in [9.17, 15) is 13.2 Å². The molecule has 2 aromatic carbocycles. The molecule has 1 atom stereocenters. The van der Waals surface area contributed by atoms with Crippen molar-refractivity contribution in [1.29, 1.82) is 0 Å². The SMILES string of the molecule is COc1ccccc1CNC(=O)[C@@H](C)N(c1cccc(C)c1)S(C)(=O)=O. The van der Waals surface area contributed by atoms with Crippen LogP contribution in [-0.4, -0.2) is 33.7 Å². The van der Waals surface area contributed by atoms with Crippen molar-refractivity contribution in [1.82, 2.24) is 5.32 Å². The number of hydrogen-bond donors (Lipinski definition) is 1. The topological polar surface area (TPSA) is 75.7 Å². The zero-order valence-corrected chi connectivity index (χ0v) is 16.2. The van der Waals surface area contributed by atoms with Gasteiger partial charge in [-0.2, -0.15) is 0 Å². The first kappa shape index (κ1) is 19.8. The smallest absolute Gasteiger partial charge is 0.243 e. The minimum atomic E-state index is -3.63. The molecule has 0 unspecified atom stereocenters. The summed E-state index contributed by atoms with van der Waals surface area (Å²) in [4.78, 5) is 12.6. The number of benzene rings is 2. The van der Waals surface area contributed by atoms with Gasteiger partial charge < -0.3 is 10.1 Å². The van der Waals surface area contributed by atoms with E-state index in [2.05, 4.69) is 5.32 Å². The highest BCUT2D eigenvalue weighted by molar-refractivity contribution is 7.92. The van der Waals surface area contributed by atoms with E-state index >= 15 is 0 Å². The summed E-state index contributed by atoms with van der Waals surface area (Å²) in [6.07, 6.45) is 1.10. The number of nitrogens with zero attached hydrogens (tertiary/aromatic N) is 1. The first-order valence-corrected chi connectivity index (χ1v) is 10.0. The quantitative estimate of drug-likeness (QED) is 0.805. The number of carbonyl (C=O) groups is 1. The molecule has 0 spiro atoms. The van der Waals surface area contributed by atoms with Crippen LogP contribution in [0, 0.1) is 6.92 Å². The number of ether oxygens (including phenoxy) is 1. The van der Waals surface area contributed by atoms with E-state index in [1.807, 2.05) is 31.2 Å². The van der Waals surface area contributed by atoms with Crippen LogP contribution in [0.2, 0.25) is 0 Å². The average molecular weight is 376 g/mol. The fourth-order valence-corrected chi connectivity index (χ4v) is 3.92. The van der Waals surface area contributed by atoms with Crippen LogP contribution in [0.1, 0.15) is 18.1 Å². The average Bonchev–Trinajstić information content (AvgIpc) is 2.58. The first-order valence-electron chi connectivity index (χ1n) is 8.19. The van der Waals surface area contributed by atoms with Crippen LogP contribution in [0.3, 0.4) is 0 Å². The molecule has 0 aliphatic carbocycles. The van der Waals surface area contributed by atoms with E-state index in [1.54, 1.807) is 38.3 Å². The highest BCUT2D eigenvalue weighted by Crippen LogP contribution is 2.22. The predicted molar refractivity (Wildman–Crippen MR) is 103 cm³/mol. The summed E-state index contributed by atoms with van der Waals surface area (Å²) in [6, 6.07) is 13.5. The maximum Gasteiger partial charge on any atom is 0.243 e. The molecule has 0 bridgehead atoms. The van der Waals surface area contributed by atoms with Crippen molar-refractivity contribution in [3.05, 3.63) is 59.7 Å². The lowest BCUT2D eigenvalue weighted by molar-refractivity contribution is -0.122. The Hall–Kier alpha value is -2.54.